The van der Waals surface area contributed by atoms with E-state index in [1.54, 1.807) is 0 Å². The Balaban J connectivity index is 2.10. The summed E-state index contributed by atoms with van der Waals surface area (Å²) in [5.74, 6) is 0.971. The van der Waals surface area contributed by atoms with Crippen molar-refractivity contribution in [3.8, 4) is 0 Å². The Labute approximate surface area is 111 Å². The molecule has 0 amide bonds. The molecule has 17 heavy (non-hydrogen) atoms. The molecule has 0 N–H and O–H groups in total. The van der Waals surface area contributed by atoms with E-state index in [1.807, 2.05) is 0 Å². The number of hydrogen-bond acceptors (Lipinski definition) is 1. The molecule has 0 aliphatic heterocycles. The van der Waals surface area contributed by atoms with E-state index < -0.39 is 0 Å². The molecule has 0 fully saturated rings. The highest BCUT2D eigenvalue weighted by atomic mass is 79.9. The summed E-state index contributed by atoms with van der Waals surface area (Å²) in [4.78, 5) is 0. The highest BCUT2D eigenvalue weighted by molar-refractivity contribution is 9.11. The Hall–Kier alpha value is -1.02. The fraction of sp³-hybridized carbons (Fsp3) is 0.333. The van der Waals surface area contributed by atoms with Crippen molar-refractivity contribution in [2.45, 2.75) is 33.3 Å². The third kappa shape index (κ3) is 3.01. The maximum absolute atomic E-state index is 5.89. The van der Waals surface area contributed by atoms with Crippen LogP contribution >= 0.6 is 15.9 Å². The van der Waals surface area contributed by atoms with Gasteiger partial charge in [-0.05, 0) is 49.5 Å². The van der Waals surface area contributed by atoms with Gasteiger partial charge in [-0.2, -0.15) is 0 Å². The molecule has 1 aliphatic carbocycles. The number of benzene rings is 1. The summed E-state index contributed by atoms with van der Waals surface area (Å²) < 4.78 is 7.06. The van der Waals surface area contributed by atoms with Crippen LogP contribution in [0.4, 0.5) is 0 Å². The molecule has 0 unspecified atom stereocenters. The van der Waals surface area contributed by atoms with Crippen molar-refractivity contribution in [3.05, 3.63) is 57.3 Å². The van der Waals surface area contributed by atoms with Crippen LogP contribution in [-0.2, 0) is 11.3 Å². The second-order valence-electron chi connectivity index (χ2n) is 4.37. The van der Waals surface area contributed by atoms with E-state index in [1.165, 1.54) is 21.2 Å². The van der Waals surface area contributed by atoms with Crippen molar-refractivity contribution >= 4 is 15.9 Å². The van der Waals surface area contributed by atoms with Crippen molar-refractivity contribution in [3.63, 3.8) is 0 Å². The Morgan fingerprint density at radius 2 is 1.94 bits per heavy atom. The van der Waals surface area contributed by atoms with Crippen molar-refractivity contribution < 1.29 is 4.74 Å². The molecule has 0 bridgehead atoms. The SMILES string of the molecule is Cc1cccc(C)c1COC1=C(Br)CCC=C1. The first-order chi connectivity index (χ1) is 8.18. The lowest BCUT2D eigenvalue weighted by Crippen LogP contribution is -2.00. The normalized spacial score (nSPS) is 15.2. The molecule has 0 saturated carbocycles. The number of hydrogen-bond donors (Lipinski definition) is 0. The summed E-state index contributed by atoms with van der Waals surface area (Å²) in [6, 6.07) is 6.35. The second-order valence-corrected chi connectivity index (χ2v) is 5.33. The first kappa shape index (κ1) is 12.4. The number of rotatable bonds is 3. The molecule has 2 heteroatoms. The zero-order chi connectivity index (χ0) is 12.3. The number of allylic oxidation sites excluding steroid dienone is 3. The minimum absolute atomic E-state index is 0.646. The predicted octanol–water partition coefficient (Wildman–Crippen LogP) is 4.78. The molecule has 0 saturated heterocycles. The van der Waals surface area contributed by atoms with Crippen LogP contribution in [-0.4, -0.2) is 0 Å². The van der Waals surface area contributed by atoms with E-state index in [2.05, 4.69) is 60.1 Å². The van der Waals surface area contributed by atoms with Crippen LogP contribution in [0.25, 0.3) is 0 Å². The van der Waals surface area contributed by atoms with Gasteiger partial charge in [-0.1, -0.05) is 40.2 Å². The number of ether oxygens (including phenoxy) is 1. The zero-order valence-corrected chi connectivity index (χ0v) is 11.9. The Kier molecular flexibility index (Phi) is 4.06. The molecule has 0 atom stereocenters. The molecular weight excluding hydrogens is 276 g/mol. The van der Waals surface area contributed by atoms with Crippen LogP contribution in [0.1, 0.15) is 29.5 Å². The summed E-state index contributed by atoms with van der Waals surface area (Å²) in [6.07, 6.45) is 6.35. The van der Waals surface area contributed by atoms with Crippen LogP contribution in [0.3, 0.4) is 0 Å². The van der Waals surface area contributed by atoms with Gasteiger partial charge >= 0.3 is 0 Å². The molecule has 1 aromatic rings. The van der Waals surface area contributed by atoms with Gasteiger partial charge < -0.3 is 4.74 Å². The van der Waals surface area contributed by atoms with Gasteiger partial charge in [0, 0.05) is 4.48 Å². The summed E-state index contributed by atoms with van der Waals surface area (Å²) in [7, 11) is 0. The minimum atomic E-state index is 0.646. The fourth-order valence-corrected chi connectivity index (χ4v) is 2.44. The summed E-state index contributed by atoms with van der Waals surface area (Å²) in [5, 5.41) is 0. The van der Waals surface area contributed by atoms with Gasteiger partial charge in [0.15, 0.2) is 0 Å². The highest BCUT2D eigenvalue weighted by Crippen LogP contribution is 2.26. The third-order valence-electron chi connectivity index (χ3n) is 3.08. The second kappa shape index (κ2) is 5.54. The van der Waals surface area contributed by atoms with E-state index in [0.717, 1.165) is 18.6 Å². The minimum Gasteiger partial charge on any atom is -0.488 e. The third-order valence-corrected chi connectivity index (χ3v) is 3.87. The van der Waals surface area contributed by atoms with Crippen molar-refractivity contribution in [2.75, 3.05) is 0 Å². The average molecular weight is 293 g/mol. The molecule has 0 spiro atoms. The van der Waals surface area contributed by atoms with Crippen molar-refractivity contribution in [1.29, 1.82) is 0 Å². The molecule has 90 valence electrons. The lowest BCUT2D eigenvalue weighted by molar-refractivity contribution is 0.207. The van der Waals surface area contributed by atoms with Gasteiger partial charge in [0.2, 0.25) is 0 Å². The van der Waals surface area contributed by atoms with E-state index in [0.29, 0.717) is 6.61 Å². The quantitative estimate of drug-likeness (QED) is 0.779. The van der Waals surface area contributed by atoms with E-state index in [4.69, 9.17) is 4.74 Å². The van der Waals surface area contributed by atoms with Gasteiger partial charge in [-0.3, -0.25) is 0 Å². The summed E-state index contributed by atoms with van der Waals surface area (Å²) >= 11 is 3.57. The average Bonchev–Trinajstić information content (AvgIpc) is 2.30. The molecule has 2 rings (SSSR count). The smallest absolute Gasteiger partial charge is 0.129 e. The lowest BCUT2D eigenvalue weighted by Gasteiger charge is -2.15. The molecule has 1 nitrogen and oxygen atoms in total. The Morgan fingerprint density at radius 3 is 2.59 bits per heavy atom. The van der Waals surface area contributed by atoms with Gasteiger partial charge in [-0.15, -0.1) is 0 Å². The topological polar surface area (TPSA) is 9.23 Å². The maximum atomic E-state index is 5.89. The van der Waals surface area contributed by atoms with Gasteiger partial charge in [0.1, 0.15) is 12.4 Å². The van der Waals surface area contributed by atoms with Crippen LogP contribution in [0, 0.1) is 13.8 Å². The highest BCUT2D eigenvalue weighted by Gasteiger charge is 2.08. The first-order valence-electron chi connectivity index (χ1n) is 5.91. The van der Waals surface area contributed by atoms with Crippen LogP contribution in [0.5, 0.6) is 0 Å². The van der Waals surface area contributed by atoms with E-state index in [-0.39, 0.29) is 0 Å². The van der Waals surface area contributed by atoms with Crippen LogP contribution in [0.15, 0.2) is 40.6 Å². The molecule has 1 aliphatic rings. The number of aryl methyl sites for hydroxylation is 2. The fourth-order valence-electron chi connectivity index (χ4n) is 1.97. The molecule has 0 radical (unpaired) electrons. The monoisotopic (exact) mass is 292 g/mol. The Bertz CT molecular complexity index is 452. The summed E-state index contributed by atoms with van der Waals surface area (Å²) in [5.41, 5.74) is 3.88. The molecule has 1 aromatic carbocycles. The molecule has 0 heterocycles. The molecule has 0 aromatic heterocycles. The Morgan fingerprint density at radius 1 is 1.24 bits per heavy atom. The van der Waals surface area contributed by atoms with Crippen molar-refractivity contribution in [1.82, 2.24) is 0 Å². The van der Waals surface area contributed by atoms with E-state index >= 15 is 0 Å². The van der Waals surface area contributed by atoms with Crippen LogP contribution in [0.2, 0.25) is 0 Å². The lowest BCUT2D eigenvalue weighted by atomic mass is 10.0. The van der Waals surface area contributed by atoms with E-state index in [9.17, 15) is 0 Å². The standard InChI is InChI=1S/C15H17BrO/c1-11-6-5-7-12(2)13(11)10-17-15-9-4-3-8-14(15)16/h4-7,9H,3,8,10H2,1-2H3. The van der Waals surface area contributed by atoms with Gasteiger partial charge in [-0.25, -0.2) is 0 Å². The largest absolute Gasteiger partial charge is 0.488 e. The van der Waals surface area contributed by atoms with Crippen molar-refractivity contribution in [2.24, 2.45) is 0 Å². The molecular formula is C15H17BrO. The predicted molar refractivity (Wildman–Crippen MR) is 75.0 cm³/mol. The van der Waals surface area contributed by atoms with Gasteiger partial charge in [0.05, 0.1) is 0 Å². The van der Waals surface area contributed by atoms with Gasteiger partial charge in [0.25, 0.3) is 0 Å². The zero-order valence-electron chi connectivity index (χ0n) is 10.3. The summed E-state index contributed by atoms with van der Waals surface area (Å²) in [6.45, 7) is 4.91. The first-order valence-corrected chi connectivity index (χ1v) is 6.71. The van der Waals surface area contributed by atoms with Crippen LogP contribution < -0.4 is 0 Å². The number of halogens is 1. The maximum Gasteiger partial charge on any atom is 0.129 e.